The molecule has 2 N–H and O–H groups in total. The lowest BCUT2D eigenvalue weighted by Gasteiger charge is -2.10. The third kappa shape index (κ3) is 4.06. The minimum absolute atomic E-state index is 0.174. The zero-order valence-electron chi connectivity index (χ0n) is 10.6. The summed E-state index contributed by atoms with van der Waals surface area (Å²) >= 11 is 0. The fourth-order valence-corrected chi connectivity index (χ4v) is 2.90. The molecule has 0 aromatic heterocycles. The van der Waals surface area contributed by atoms with Gasteiger partial charge in [0.1, 0.15) is 0 Å². The van der Waals surface area contributed by atoms with Crippen molar-refractivity contribution in [3.05, 3.63) is 29.3 Å². The Bertz CT molecular complexity index is 485. The third-order valence-corrected chi connectivity index (χ3v) is 4.14. The summed E-state index contributed by atoms with van der Waals surface area (Å²) in [7, 11) is -1.95. The monoisotopic (exact) mass is 273 g/mol. The van der Waals surface area contributed by atoms with Gasteiger partial charge in [-0.2, -0.15) is 0 Å². The summed E-state index contributed by atoms with van der Waals surface area (Å²) < 4.78 is 31.5. The Labute approximate surface area is 108 Å². The molecule has 0 amide bonds. The number of benzene rings is 1. The fraction of sp³-hybridized carbons (Fsp3) is 0.500. The van der Waals surface area contributed by atoms with E-state index in [1.165, 1.54) is 6.07 Å². The number of aliphatic hydroxyl groups excluding tert-OH is 1. The first-order valence-electron chi connectivity index (χ1n) is 5.70. The lowest BCUT2D eigenvalue weighted by atomic mass is 10.2. The van der Waals surface area contributed by atoms with E-state index in [1.807, 2.05) is 0 Å². The summed E-state index contributed by atoms with van der Waals surface area (Å²) in [5.74, 6) is 0. The molecule has 0 spiro atoms. The van der Waals surface area contributed by atoms with Gasteiger partial charge in [-0.15, -0.1) is 0 Å². The highest BCUT2D eigenvalue weighted by Crippen LogP contribution is 2.16. The maximum Gasteiger partial charge on any atom is 0.240 e. The van der Waals surface area contributed by atoms with Crippen LogP contribution in [0.5, 0.6) is 0 Å². The number of aryl methyl sites for hydroxylation is 1. The van der Waals surface area contributed by atoms with E-state index < -0.39 is 10.0 Å². The van der Waals surface area contributed by atoms with Crippen LogP contribution in [0.1, 0.15) is 17.5 Å². The van der Waals surface area contributed by atoms with E-state index in [0.29, 0.717) is 30.7 Å². The predicted molar refractivity (Wildman–Crippen MR) is 68.8 cm³/mol. The van der Waals surface area contributed by atoms with Crippen LogP contribution in [-0.4, -0.2) is 33.8 Å². The van der Waals surface area contributed by atoms with Gasteiger partial charge in [0.25, 0.3) is 0 Å². The summed E-state index contributed by atoms with van der Waals surface area (Å²) in [6.07, 6.45) is 0.620. The van der Waals surface area contributed by atoms with E-state index in [2.05, 4.69) is 4.72 Å². The molecule has 0 radical (unpaired) electrons. The predicted octanol–water partition coefficient (Wildman–Crippen LogP) is 0.802. The van der Waals surface area contributed by atoms with Crippen molar-refractivity contribution < 1.29 is 18.3 Å². The Kier molecular flexibility index (Phi) is 5.74. The Balaban J connectivity index is 2.83. The van der Waals surface area contributed by atoms with Crippen LogP contribution in [-0.2, 0) is 21.4 Å². The molecule has 0 atom stereocenters. The summed E-state index contributed by atoms with van der Waals surface area (Å²) in [5.41, 5.74) is 1.24. The molecule has 0 heterocycles. The van der Waals surface area contributed by atoms with Gasteiger partial charge in [0.15, 0.2) is 0 Å². The fourth-order valence-electron chi connectivity index (χ4n) is 1.53. The first-order chi connectivity index (χ1) is 8.51. The van der Waals surface area contributed by atoms with Crippen LogP contribution in [0.2, 0.25) is 0 Å². The first-order valence-corrected chi connectivity index (χ1v) is 7.18. The zero-order valence-corrected chi connectivity index (χ0v) is 11.5. The molecule has 0 fully saturated rings. The topological polar surface area (TPSA) is 75.6 Å². The van der Waals surface area contributed by atoms with Gasteiger partial charge in [-0.3, -0.25) is 0 Å². The van der Waals surface area contributed by atoms with Gasteiger partial charge in [-0.1, -0.05) is 12.1 Å². The van der Waals surface area contributed by atoms with Crippen molar-refractivity contribution in [3.63, 3.8) is 0 Å². The Morgan fingerprint density at radius 3 is 2.72 bits per heavy atom. The second-order valence-corrected chi connectivity index (χ2v) is 5.74. The molecular formula is C12H19NO4S. The van der Waals surface area contributed by atoms with Crippen LogP contribution in [0.15, 0.2) is 23.1 Å². The second kappa shape index (κ2) is 6.84. The van der Waals surface area contributed by atoms with E-state index in [0.717, 1.165) is 0 Å². The van der Waals surface area contributed by atoms with E-state index in [-0.39, 0.29) is 11.5 Å². The number of nitrogens with one attached hydrogen (secondary N) is 1. The molecular weight excluding hydrogens is 254 g/mol. The summed E-state index contributed by atoms with van der Waals surface area (Å²) in [5, 5.41) is 9.03. The second-order valence-electron chi connectivity index (χ2n) is 4.00. The van der Waals surface area contributed by atoms with Crippen LogP contribution < -0.4 is 4.72 Å². The van der Waals surface area contributed by atoms with Crippen molar-refractivity contribution in [2.75, 3.05) is 20.3 Å². The molecule has 1 rings (SSSR count). The standard InChI is InChI=1S/C12H19NO4S/c1-10-4-5-11(9-14)8-12(10)18(15,16)13-6-3-7-17-2/h4-5,8,13-14H,3,6-7,9H2,1-2H3. The van der Waals surface area contributed by atoms with Crippen LogP contribution >= 0.6 is 0 Å². The van der Waals surface area contributed by atoms with E-state index in [1.54, 1.807) is 26.2 Å². The van der Waals surface area contributed by atoms with Gasteiger partial charge in [-0.25, -0.2) is 13.1 Å². The molecule has 18 heavy (non-hydrogen) atoms. The zero-order chi connectivity index (χ0) is 13.6. The van der Waals surface area contributed by atoms with Gasteiger partial charge in [0, 0.05) is 20.3 Å². The number of methoxy groups -OCH3 is 1. The van der Waals surface area contributed by atoms with Crippen molar-refractivity contribution in [2.45, 2.75) is 24.8 Å². The van der Waals surface area contributed by atoms with Gasteiger partial charge in [0.05, 0.1) is 11.5 Å². The lowest BCUT2D eigenvalue weighted by molar-refractivity contribution is 0.196. The lowest BCUT2D eigenvalue weighted by Crippen LogP contribution is -2.26. The summed E-state index contributed by atoms with van der Waals surface area (Å²) in [4.78, 5) is 0.214. The molecule has 0 bridgehead atoms. The normalized spacial score (nSPS) is 11.7. The quantitative estimate of drug-likeness (QED) is 0.721. The average molecular weight is 273 g/mol. The van der Waals surface area contributed by atoms with Crippen molar-refractivity contribution in [3.8, 4) is 0 Å². The number of rotatable bonds is 7. The molecule has 0 unspecified atom stereocenters. The average Bonchev–Trinajstić information content (AvgIpc) is 2.35. The number of hydrogen-bond donors (Lipinski definition) is 2. The smallest absolute Gasteiger partial charge is 0.240 e. The van der Waals surface area contributed by atoms with Crippen LogP contribution in [0.3, 0.4) is 0 Å². The highest BCUT2D eigenvalue weighted by molar-refractivity contribution is 7.89. The molecule has 0 saturated carbocycles. The molecule has 0 aliphatic heterocycles. The minimum Gasteiger partial charge on any atom is -0.392 e. The van der Waals surface area contributed by atoms with Gasteiger partial charge in [-0.05, 0) is 30.5 Å². The Hall–Kier alpha value is -0.950. The SMILES string of the molecule is COCCCNS(=O)(=O)c1cc(CO)ccc1C. The van der Waals surface area contributed by atoms with E-state index in [9.17, 15) is 8.42 Å². The highest BCUT2D eigenvalue weighted by Gasteiger charge is 2.16. The van der Waals surface area contributed by atoms with Gasteiger partial charge >= 0.3 is 0 Å². The van der Waals surface area contributed by atoms with Crippen molar-refractivity contribution in [2.24, 2.45) is 0 Å². The van der Waals surface area contributed by atoms with Crippen LogP contribution in [0.25, 0.3) is 0 Å². The summed E-state index contributed by atoms with van der Waals surface area (Å²) in [6, 6.07) is 4.89. The molecule has 1 aromatic rings. The summed E-state index contributed by atoms with van der Waals surface area (Å²) in [6.45, 7) is 2.40. The minimum atomic E-state index is -3.52. The highest BCUT2D eigenvalue weighted by atomic mass is 32.2. The van der Waals surface area contributed by atoms with Crippen LogP contribution in [0.4, 0.5) is 0 Å². The molecule has 0 aliphatic rings. The molecule has 102 valence electrons. The van der Waals surface area contributed by atoms with Crippen molar-refractivity contribution in [1.29, 1.82) is 0 Å². The number of aliphatic hydroxyl groups is 1. The molecule has 1 aromatic carbocycles. The number of ether oxygens (including phenoxy) is 1. The van der Waals surface area contributed by atoms with Crippen LogP contribution in [0, 0.1) is 6.92 Å². The maximum absolute atomic E-state index is 12.1. The maximum atomic E-state index is 12.1. The van der Waals surface area contributed by atoms with Gasteiger partial charge in [0.2, 0.25) is 10.0 Å². The third-order valence-electron chi connectivity index (χ3n) is 2.54. The van der Waals surface area contributed by atoms with Crippen molar-refractivity contribution >= 4 is 10.0 Å². The van der Waals surface area contributed by atoms with E-state index in [4.69, 9.17) is 9.84 Å². The van der Waals surface area contributed by atoms with Crippen molar-refractivity contribution in [1.82, 2.24) is 4.72 Å². The molecule has 0 saturated heterocycles. The van der Waals surface area contributed by atoms with E-state index >= 15 is 0 Å². The first kappa shape index (κ1) is 15.1. The molecule has 5 nitrogen and oxygen atoms in total. The largest absolute Gasteiger partial charge is 0.392 e. The molecule has 6 heteroatoms. The molecule has 0 aliphatic carbocycles. The Morgan fingerprint density at radius 1 is 1.39 bits per heavy atom. The number of hydrogen-bond acceptors (Lipinski definition) is 4. The van der Waals surface area contributed by atoms with Gasteiger partial charge < -0.3 is 9.84 Å². The number of sulfonamides is 1. The Morgan fingerprint density at radius 2 is 2.11 bits per heavy atom.